The van der Waals surface area contributed by atoms with Crippen molar-refractivity contribution in [2.75, 3.05) is 0 Å². The van der Waals surface area contributed by atoms with Crippen molar-refractivity contribution in [3.05, 3.63) is 95.0 Å². The van der Waals surface area contributed by atoms with Crippen LogP contribution in [0.1, 0.15) is 0 Å². The largest absolute Gasteiger partial charge is 0.268 e. The fourth-order valence-electron chi connectivity index (χ4n) is 2.76. The summed E-state index contributed by atoms with van der Waals surface area (Å²) in [4.78, 5) is 17.7. The summed E-state index contributed by atoms with van der Waals surface area (Å²) < 4.78 is 15.1. The molecular weight excluding hydrogens is 303 g/mol. The predicted molar refractivity (Wildman–Crippen MR) is 92.7 cm³/mol. The van der Waals surface area contributed by atoms with Gasteiger partial charge in [0.25, 0.3) is 5.56 Å². The van der Waals surface area contributed by atoms with Crippen LogP contribution in [0.5, 0.6) is 0 Å². The summed E-state index contributed by atoms with van der Waals surface area (Å²) in [6.07, 6.45) is 0. The molecular formula is C20H13FN2O. The maximum atomic E-state index is 13.6. The highest BCUT2D eigenvalue weighted by Gasteiger charge is 2.14. The van der Waals surface area contributed by atoms with Gasteiger partial charge in [-0.25, -0.2) is 9.37 Å². The second kappa shape index (κ2) is 5.74. The zero-order valence-corrected chi connectivity index (χ0v) is 12.7. The number of para-hydroxylation sites is 1. The minimum absolute atomic E-state index is 0.263. The third-order valence-electron chi connectivity index (χ3n) is 3.88. The van der Waals surface area contributed by atoms with E-state index >= 15 is 0 Å². The van der Waals surface area contributed by atoms with E-state index in [2.05, 4.69) is 4.98 Å². The maximum Gasteiger partial charge on any atom is 0.266 e. The molecule has 0 spiro atoms. The fraction of sp³-hybridized carbons (Fsp3) is 0. The highest BCUT2D eigenvalue weighted by Crippen LogP contribution is 2.22. The molecule has 0 aliphatic rings. The molecule has 0 radical (unpaired) electrons. The first-order valence-corrected chi connectivity index (χ1v) is 7.57. The predicted octanol–water partition coefficient (Wildman–Crippen LogP) is 4.19. The normalized spacial score (nSPS) is 10.9. The van der Waals surface area contributed by atoms with Gasteiger partial charge in [0.15, 0.2) is 0 Å². The third kappa shape index (κ3) is 2.38. The quantitative estimate of drug-likeness (QED) is 0.556. The molecule has 0 saturated carbocycles. The van der Waals surface area contributed by atoms with Crippen LogP contribution in [0.4, 0.5) is 4.39 Å². The number of hydrogen-bond donors (Lipinski definition) is 0. The number of aromatic nitrogens is 2. The average molecular weight is 316 g/mol. The molecule has 0 aliphatic carbocycles. The van der Waals surface area contributed by atoms with Crippen molar-refractivity contribution in [1.82, 2.24) is 9.55 Å². The maximum absolute atomic E-state index is 13.6. The van der Waals surface area contributed by atoms with E-state index in [1.54, 1.807) is 0 Å². The molecule has 116 valence electrons. The van der Waals surface area contributed by atoms with Gasteiger partial charge in [-0.2, -0.15) is 0 Å². The van der Waals surface area contributed by atoms with Crippen LogP contribution in [0.3, 0.4) is 0 Å². The van der Waals surface area contributed by atoms with Gasteiger partial charge in [-0.15, -0.1) is 0 Å². The van der Waals surface area contributed by atoms with Crippen molar-refractivity contribution < 1.29 is 4.39 Å². The van der Waals surface area contributed by atoms with E-state index < -0.39 is 5.82 Å². The van der Waals surface area contributed by atoms with E-state index in [1.165, 1.54) is 22.8 Å². The van der Waals surface area contributed by atoms with Crippen LogP contribution in [-0.2, 0) is 0 Å². The second-order valence-electron chi connectivity index (χ2n) is 5.44. The summed E-state index contributed by atoms with van der Waals surface area (Å²) in [6.45, 7) is 0. The Kier molecular flexibility index (Phi) is 3.43. The van der Waals surface area contributed by atoms with Crippen LogP contribution < -0.4 is 5.56 Å². The van der Waals surface area contributed by atoms with Crippen LogP contribution in [0, 0.1) is 5.82 Å². The molecule has 0 bridgehead atoms. The Morgan fingerprint density at radius 3 is 2.21 bits per heavy atom. The van der Waals surface area contributed by atoms with Gasteiger partial charge in [-0.1, -0.05) is 48.5 Å². The number of rotatable bonds is 2. The van der Waals surface area contributed by atoms with E-state index in [9.17, 15) is 9.18 Å². The van der Waals surface area contributed by atoms with Crippen LogP contribution in [-0.4, -0.2) is 9.55 Å². The van der Waals surface area contributed by atoms with Crippen molar-refractivity contribution in [3.8, 4) is 17.1 Å². The van der Waals surface area contributed by atoms with Crippen LogP contribution in [0.15, 0.2) is 83.7 Å². The molecule has 0 atom stereocenters. The van der Waals surface area contributed by atoms with Crippen molar-refractivity contribution in [1.29, 1.82) is 0 Å². The van der Waals surface area contributed by atoms with E-state index in [-0.39, 0.29) is 10.9 Å². The summed E-state index contributed by atoms with van der Waals surface area (Å²) in [5, 5.41) is 0.263. The topological polar surface area (TPSA) is 34.9 Å². The Hall–Kier alpha value is -3.27. The molecule has 24 heavy (non-hydrogen) atoms. The van der Waals surface area contributed by atoms with Crippen LogP contribution in [0.25, 0.3) is 28.0 Å². The third-order valence-corrected chi connectivity index (χ3v) is 3.88. The van der Waals surface area contributed by atoms with Crippen LogP contribution >= 0.6 is 0 Å². The number of hydrogen-bond acceptors (Lipinski definition) is 2. The van der Waals surface area contributed by atoms with Crippen molar-refractivity contribution in [3.63, 3.8) is 0 Å². The van der Waals surface area contributed by atoms with Gasteiger partial charge in [0.1, 0.15) is 11.6 Å². The van der Waals surface area contributed by atoms with E-state index in [0.717, 1.165) is 5.56 Å². The lowest BCUT2D eigenvalue weighted by atomic mass is 10.1. The van der Waals surface area contributed by atoms with Crippen molar-refractivity contribution >= 4 is 10.9 Å². The summed E-state index contributed by atoms with van der Waals surface area (Å²) in [6, 6.07) is 22.8. The first-order chi connectivity index (χ1) is 11.7. The minimum Gasteiger partial charge on any atom is -0.268 e. The number of nitrogens with zero attached hydrogens (tertiary/aromatic N) is 2. The zero-order chi connectivity index (χ0) is 16.5. The second-order valence-corrected chi connectivity index (χ2v) is 5.44. The number of fused-ring (bicyclic) bond motifs is 1. The van der Waals surface area contributed by atoms with E-state index in [4.69, 9.17) is 0 Å². The molecule has 4 rings (SSSR count). The van der Waals surface area contributed by atoms with Crippen molar-refractivity contribution in [2.24, 2.45) is 0 Å². The Morgan fingerprint density at radius 2 is 1.50 bits per heavy atom. The lowest BCUT2D eigenvalue weighted by molar-refractivity contribution is 0.629. The summed E-state index contributed by atoms with van der Waals surface area (Å²) in [7, 11) is 0. The Bertz CT molecular complexity index is 1070. The molecule has 0 amide bonds. The molecule has 0 aliphatic heterocycles. The monoisotopic (exact) mass is 316 g/mol. The lowest BCUT2D eigenvalue weighted by Gasteiger charge is -2.13. The summed E-state index contributed by atoms with van der Waals surface area (Å²) >= 11 is 0. The molecule has 1 heterocycles. The molecule has 1 aromatic heterocycles. The van der Waals surface area contributed by atoms with Gasteiger partial charge >= 0.3 is 0 Å². The fourth-order valence-corrected chi connectivity index (χ4v) is 2.76. The Labute approximate surface area is 137 Å². The van der Waals surface area contributed by atoms with Gasteiger partial charge in [0, 0.05) is 5.56 Å². The van der Waals surface area contributed by atoms with Gasteiger partial charge < -0.3 is 0 Å². The van der Waals surface area contributed by atoms with Gasteiger partial charge in [0.2, 0.25) is 0 Å². The smallest absolute Gasteiger partial charge is 0.266 e. The first-order valence-electron chi connectivity index (χ1n) is 7.57. The molecule has 4 aromatic rings. The highest BCUT2D eigenvalue weighted by molar-refractivity contribution is 5.80. The van der Waals surface area contributed by atoms with Gasteiger partial charge in [0.05, 0.1) is 16.6 Å². The Balaban J connectivity index is 2.14. The summed E-state index contributed by atoms with van der Waals surface area (Å²) in [5.41, 5.74) is 1.71. The standard InChI is InChI=1S/C20H13FN2O/c21-15-11-12-18-17(13-15)20(24)23(16-9-5-2-6-10-16)19(22-18)14-7-3-1-4-8-14/h1-13H. The van der Waals surface area contributed by atoms with Crippen LogP contribution in [0.2, 0.25) is 0 Å². The molecule has 4 heteroatoms. The van der Waals surface area contributed by atoms with Gasteiger partial charge in [-0.05, 0) is 30.3 Å². The van der Waals surface area contributed by atoms with E-state index in [1.807, 2.05) is 60.7 Å². The summed E-state index contributed by atoms with van der Waals surface area (Å²) in [5.74, 6) is 0.0828. The van der Waals surface area contributed by atoms with E-state index in [0.29, 0.717) is 17.0 Å². The van der Waals surface area contributed by atoms with Crippen molar-refractivity contribution in [2.45, 2.75) is 0 Å². The molecule has 0 N–H and O–H groups in total. The zero-order valence-electron chi connectivity index (χ0n) is 12.7. The average Bonchev–Trinajstić information content (AvgIpc) is 2.63. The molecule has 3 nitrogen and oxygen atoms in total. The molecule has 0 saturated heterocycles. The minimum atomic E-state index is -0.450. The highest BCUT2D eigenvalue weighted by atomic mass is 19.1. The molecule has 0 unspecified atom stereocenters. The lowest BCUT2D eigenvalue weighted by Crippen LogP contribution is -2.22. The molecule has 0 fully saturated rings. The Morgan fingerprint density at radius 1 is 0.833 bits per heavy atom. The molecule has 3 aromatic carbocycles. The first kappa shape index (κ1) is 14.3. The number of halogens is 1. The SMILES string of the molecule is O=c1c2cc(F)ccc2nc(-c2ccccc2)n1-c1ccccc1. The number of benzene rings is 3. The van der Waals surface area contributed by atoms with Gasteiger partial charge in [-0.3, -0.25) is 9.36 Å².